The average molecular weight is 302 g/mol. The van der Waals surface area contributed by atoms with Crippen molar-refractivity contribution in [3.05, 3.63) is 54.1 Å². The molecule has 22 heavy (non-hydrogen) atoms. The van der Waals surface area contributed by atoms with Crippen molar-refractivity contribution in [1.82, 2.24) is 9.55 Å². The molecular formula is C16H18N2O4. The number of hydrogen-bond acceptors (Lipinski definition) is 5. The third-order valence-corrected chi connectivity index (χ3v) is 2.62. The Bertz CT molecular complexity index is 656. The molecule has 116 valence electrons. The second kappa shape index (κ2) is 6.43. The van der Waals surface area contributed by atoms with E-state index in [-0.39, 0.29) is 12.4 Å². The summed E-state index contributed by atoms with van der Waals surface area (Å²) in [5, 5.41) is 0. The fourth-order valence-corrected chi connectivity index (χ4v) is 1.71. The van der Waals surface area contributed by atoms with Gasteiger partial charge in [0.15, 0.2) is 0 Å². The van der Waals surface area contributed by atoms with Gasteiger partial charge in [-0.3, -0.25) is 0 Å². The minimum absolute atomic E-state index is 0.104. The lowest BCUT2D eigenvalue weighted by molar-refractivity contribution is 0.00496. The van der Waals surface area contributed by atoms with Crippen LogP contribution in [0.25, 0.3) is 0 Å². The van der Waals surface area contributed by atoms with Gasteiger partial charge in [-0.1, -0.05) is 30.3 Å². The molecule has 0 saturated heterocycles. The van der Waals surface area contributed by atoms with Gasteiger partial charge in [-0.25, -0.2) is 19.1 Å². The van der Waals surface area contributed by atoms with Gasteiger partial charge in [-0.05, 0) is 26.3 Å². The number of aromatic nitrogens is 2. The molecule has 6 heteroatoms. The van der Waals surface area contributed by atoms with Gasteiger partial charge in [0.1, 0.15) is 12.2 Å². The maximum absolute atomic E-state index is 12.1. The molecule has 0 aliphatic heterocycles. The van der Waals surface area contributed by atoms with E-state index in [1.807, 2.05) is 30.3 Å². The van der Waals surface area contributed by atoms with E-state index in [4.69, 9.17) is 9.47 Å². The van der Waals surface area contributed by atoms with E-state index in [2.05, 4.69) is 4.98 Å². The van der Waals surface area contributed by atoms with Crippen LogP contribution in [0, 0.1) is 0 Å². The molecule has 0 amide bonds. The van der Waals surface area contributed by atoms with Gasteiger partial charge in [0.25, 0.3) is 0 Å². The zero-order valence-electron chi connectivity index (χ0n) is 12.8. The highest BCUT2D eigenvalue weighted by molar-refractivity contribution is 5.90. The maximum Gasteiger partial charge on any atom is 0.420 e. The molecule has 0 atom stereocenters. The van der Waals surface area contributed by atoms with Crippen molar-refractivity contribution in [2.24, 2.45) is 0 Å². The first-order valence-corrected chi connectivity index (χ1v) is 6.84. The van der Waals surface area contributed by atoms with E-state index in [0.717, 1.165) is 10.1 Å². The molecule has 0 aliphatic rings. The zero-order valence-corrected chi connectivity index (χ0v) is 12.8. The topological polar surface area (TPSA) is 70.4 Å². The fourth-order valence-electron chi connectivity index (χ4n) is 1.71. The quantitative estimate of drug-likeness (QED) is 0.815. The summed E-state index contributed by atoms with van der Waals surface area (Å²) in [4.78, 5) is 27.9. The molecule has 0 saturated carbocycles. The minimum atomic E-state index is -0.679. The van der Waals surface area contributed by atoms with Gasteiger partial charge < -0.3 is 9.47 Å². The van der Waals surface area contributed by atoms with E-state index in [0.29, 0.717) is 0 Å². The highest BCUT2D eigenvalue weighted by Gasteiger charge is 2.24. The summed E-state index contributed by atoms with van der Waals surface area (Å²) >= 11 is 0. The molecule has 1 heterocycles. The number of hydrogen-bond donors (Lipinski definition) is 0. The number of carbonyl (C=O) groups is 2. The van der Waals surface area contributed by atoms with Crippen LogP contribution in [0.1, 0.15) is 37.0 Å². The van der Waals surface area contributed by atoms with Crippen LogP contribution < -0.4 is 0 Å². The standard InChI is InChI=1S/C16H18N2O4/c1-16(2,3)22-14(19)13-17-9-10-18(13)15(20)21-11-12-7-5-4-6-8-12/h4-10H,11H2,1-3H3. The number of rotatable bonds is 3. The molecule has 0 radical (unpaired) electrons. The Balaban J connectivity index is 2.05. The average Bonchev–Trinajstić information content (AvgIpc) is 2.93. The van der Waals surface area contributed by atoms with Crippen LogP contribution in [0.5, 0.6) is 0 Å². The molecule has 2 rings (SSSR count). The molecule has 0 N–H and O–H groups in total. The second-order valence-electron chi connectivity index (χ2n) is 5.66. The second-order valence-corrected chi connectivity index (χ2v) is 5.66. The summed E-state index contributed by atoms with van der Waals surface area (Å²) in [6.07, 6.45) is 2.04. The Kier molecular flexibility index (Phi) is 4.60. The maximum atomic E-state index is 12.1. The number of ether oxygens (including phenoxy) is 2. The SMILES string of the molecule is CC(C)(C)OC(=O)c1nccn1C(=O)OCc1ccccc1. The van der Waals surface area contributed by atoms with Crippen LogP contribution in [0.3, 0.4) is 0 Å². The first kappa shape index (κ1) is 15.8. The molecular weight excluding hydrogens is 284 g/mol. The lowest BCUT2D eigenvalue weighted by Crippen LogP contribution is -2.27. The lowest BCUT2D eigenvalue weighted by Gasteiger charge is -2.19. The first-order valence-electron chi connectivity index (χ1n) is 6.84. The summed E-state index contributed by atoms with van der Waals surface area (Å²) < 4.78 is 11.4. The summed E-state index contributed by atoms with van der Waals surface area (Å²) in [7, 11) is 0. The molecule has 0 bridgehead atoms. The third-order valence-electron chi connectivity index (χ3n) is 2.62. The van der Waals surface area contributed by atoms with Crippen molar-refractivity contribution in [3.8, 4) is 0 Å². The number of imidazole rings is 1. The van der Waals surface area contributed by atoms with Crippen LogP contribution in [0.4, 0.5) is 4.79 Å². The van der Waals surface area contributed by atoms with Crippen molar-refractivity contribution in [2.45, 2.75) is 33.0 Å². The smallest absolute Gasteiger partial charge is 0.420 e. The van der Waals surface area contributed by atoms with E-state index in [1.54, 1.807) is 20.8 Å². The number of carbonyl (C=O) groups excluding carboxylic acids is 2. The molecule has 1 aromatic carbocycles. The molecule has 0 unspecified atom stereocenters. The van der Waals surface area contributed by atoms with Crippen LogP contribution in [-0.4, -0.2) is 27.2 Å². The van der Waals surface area contributed by atoms with Crippen molar-refractivity contribution < 1.29 is 19.1 Å². The highest BCUT2D eigenvalue weighted by atomic mass is 16.6. The Morgan fingerprint density at radius 2 is 1.86 bits per heavy atom. The Morgan fingerprint density at radius 3 is 2.50 bits per heavy atom. The van der Waals surface area contributed by atoms with Crippen molar-refractivity contribution in [1.29, 1.82) is 0 Å². The van der Waals surface area contributed by atoms with E-state index >= 15 is 0 Å². The van der Waals surface area contributed by atoms with Crippen molar-refractivity contribution >= 4 is 12.1 Å². The number of nitrogens with zero attached hydrogens (tertiary/aromatic N) is 2. The molecule has 6 nitrogen and oxygen atoms in total. The Labute approximate surface area is 128 Å². The van der Waals surface area contributed by atoms with Gasteiger partial charge in [-0.15, -0.1) is 0 Å². The largest absolute Gasteiger partial charge is 0.454 e. The molecule has 0 aliphatic carbocycles. The van der Waals surface area contributed by atoms with Crippen LogP contribution in [-0.2, 0) is 16.1 Å². The van der Waals surface area contributed by atoms with Gasteiger partial charge in [0.2, 0.25) is 5.82 Å². The normalized spacial score (nSPS) is 11.0. The monoisotopic (exact) mass is 302 g/mol. The highest BCUT2D eigenvalue weighted by Crippen LogP contribution is 2.12. The van der Waals surface area contributed by atoms with Crippen molar-refractivity contribution in [3.63, 3.8) is 0 Å². The number of benzene rings is 1. The van der Waals surface area contributed by atoms with Gasteiger partial charge in [0.05, 0.1) is 0 Å². The predicted molar refractivity (Wildman–Crippen MR) is 79.4 cm³/mol. The van der Waals surface area contributed by atoms with Crippen LogP contribution >= 0.6 is 0 Å². The minimum Gasteiger partial charge on any atom is -0.454 e. The number of esters is 1. The molecule has 1 aromatic heterocycles. The fraction of sp³-hybridized carbons (Fsp3) is 0.312. The zero-order chi connectivity index (χ0) is 16.2. The summed E-state index contributed by atoms with van der Waals surface area (Å²) in [6, 6.07) is 9.27. The molecule has 0 spiro atoms. The summed E-state index contributed by atoms with van der Waals surface area (Å²) in [5.41, 5.74) is 0.191. The summed E-state index contributed by atoms with van der Waals surface area (Å²) in [6.45, 7) is 5.34. The van der Waals surface area contributed by atoms with Crippen molar-refractivity contribution in [2.75, 3.05) is 0 Å². The Morgan fingerprint density at radius 1 is 1.18 bits per heavy atom. The lowest BCUT2D eigenvalue weighted by atomic mass is 10.2. The van der Waals surface area contributed by atoms with Gasteiger partial charge in [-0.2, -0.15) is 0 Å². The Hall–Kier alpha value is -2.63. The molecule has 2 aromatic rings. The van der Waals surface area contributed by atoms with E-state index < -0.39 is 17.7 Å². The summed E-state index contributed by atoms with van der Waals surface area (Å²) in [5.74, 6) is -0.776. The van der Waals surface area contributed by atoms with Gasteiger partial charge >= 0.3 is 12.1 Å². The van der Waals surface area contributed by atoms with E-state index in [1.165, 1.54) is 12.4 Å². The van der Waals surface area contributed by atoms with E-state index in [9.17, 15) is 9.59 Å². The van der Waals surface area contributed by atoms with Crippen LogP contribution in [0.2, 0.25) is 0 Å². The third kappa shape index (κ3) is 4.18. The molecule has 0 fully saturated rings. The predicted octanol–water partition coefficient (Wildman–Crippen LogP) is 3.02. The first-order chi connectivity index (χ1) is 10.4. The van der Waals surface area contributed by atoms with Gasteiger partial charge in [0, 0.05) is 12.4 Å². The van der Waals surface area contributed by atoms with Crippen LogP contribution in [0.15, 0.2) is 42.7 Å².